The van der Waals surface area contributed by atoms with Gasteiger partial charge in [0.05, 0.1) is 24.3 Å². The van der Waals surface area contributed by atoms with Gasteiger partial charge in [-0.25, -0.2) is 0 Å². The maximum absolute atomic E-state index is 12.9. The zero-order valence-electron chi connectivity index (χ0n) is 14.7. The number of alkyl halides is 1. The number of benzene rings is 2. The zero-order chi connectivity index (χ0) is 19.2. The van der Waals surface area contributed by atoms with Crippen molar-refractivity contribution in [1.29, 1.82) is 0 Å². The fourth-order valence-electron chi connectivity index (χ4n) is 2.74. The minimum absolute atomic E-state index is 0.0545. The zero-order valence-corrected chi connectivity index (χ0v) is 17.2. The van der Waals surface area contributed by atoms with Crippen molar-refractivity contribution < 1.29 is 18.5 Å². The number of nitrogens with zero attached hydrogens (tertiary/aromatic N) is 1. The van der Waals surface area contributed by atoms with Gasteiger partial charge in [-0.3, -0.25) is 14.7 Å². The fraction of sp³-hybridized carbons (Fsp3) is 0.333. The van der Waals surface area contributed by atoms with Gasteiger partial charge in [0.2, 0.25) is 0 Å². The molecule has 0 aromatic heterocycles. The van der Waals surface area contributed by atoms with Gasteiger partial charge in [-0.2, -0.15) is 0 Å². The van der Waals surface area contributed by atoms with E-state index >= 15 is 0 Å². The highest BCUT2D eigenvalue weighted by Gasteiger charge is 2.30. The van der Waals surface area contributed by atoms with Crippen molar-refractivity contribution >= 4 is 29.2 Å². The van der Waals surface area contributed by atoms with Crippen LogP contribution in [0.4, 0.5) is 5.69 Å². The minimum Gasteiger partial charge on any atom is -0.309 e. The molecule has 8 heteroatoms. The van der Waals surface area contributed by atoms with E-state index in [0.717, 1.165) is 11.1 Å². The van der Waals surface area contributed by atoms with E-state index in [0.29, 0.717) is 16.5 Å². The first-order valence-corrected chi connectivity index (χ1v) is 11.1. The van der Waals surface area contributed by atoms with Crippen LogP contribution in [0, 0.1) is 10.1 Å². The van der Waals surface area contributed by atoms with Crippen LogP contribution in [0.25, 0.3) is 11.1 Å². The molecular formula is C18H21BrNO5P. The van der Waals surface area contributed by atoms with Crippen LogP contribution >= 0.6 is 23.5 Å². The molecule has 0 atom stereocenters. The van der Waals surface area contributed by atoms with Crippen LogP contribution in [0.2, 0.25) is 0 Å². The lowest BCUT2D eigenvalue weighted by atomic mass is 9.99. The van der Waals surface area contributed by atoms with E-state index in [9.17, 15) is 14.7 Å². The van der Waals surface area contributed by atoms with Gasteiger partial charge in [-0.1, -0.05) is 46.3 Å². The van der Waals surface area contributed by atoms with E-state index in [1.807, 2.05) is 30.3 Å². The topological polar surface area (TPSA) is 78.7 Å². The summed E-state index contributed by atoms with van der Waals surface area (Å²) in [5.74, 6) is 0. The van der Waals surface area contributed by atoms with Gasteiger partial charge < -0.3 is 9.05 Å². The molecule has 0 N–H and O–H groups in total. The SMILES string of the molecule is CCOP(=O)(Cc1cc(-c2ccccc2)cc(CBr)c1[N+](=O)[O-])OCC. The molecule has 0 fully saturated rings. The molecular weight excluding hydrogens is 421 g/mol. The molecule has 0 saturated carbocycles. The fourth-order valence-corrected chi connectivity index (χ4v) is 4.87. The number of nitro groups is 1. The van der Waals surface area contributed by atoms with Crippen LogP contribution < -0.4 is 0 Å². The molecule has 2 aromatic rings. The molecule has 0 unspecified atom stereocenters. The summed E-state index contributed by atoms with van der Waals surface area (Å²) in [5.41, 5.74) is 2.55. The summed E-state index contributed by atoms with van der Waals surface area (Å²) in [6, 6.07) is 13.0. The van der Waals surface area contributed by atoms with Crippen molar-refractivity contribution in [2.75, 3.05) is 13.2 Å². The molecule has 0 heterocycles. The maximum atomic E-state index is 12.9. The van der Waals surface area contributed by atoms with Gasteiger partial charge in [-0.15, -0.1) is 0 Å². The van der Waals surface area contributed by atoms with Gasteiger partial charge in [0, 0.05) is 16.5 Å². The van der Waals surface area contributed by atoms with Gasteiger partial charge in [0.1, 0.15) is 0 Å². The smallest absolute Gasteiger partial charge is 0.309 e. The summed E-state index contributed by atoms with van der Waals surface area (Å²) in [4.78, 5) is 11.2. The monoisotopic (exact) mass is 441 g/mol. The van der Waals surface area contributed by atoms with Crippen LogP contribution in [0.15, 0.2) is 42.5 Å². The molecule has 0 aliphatic carbocycles. The van der Waals surface area contributed by atoms with Gasteiger partial charge in [0.25, 0.3) is 5.69 Å². The highest BCUT2D eigenvalue weighted by atomic mass is 79.9. The van der Waals surface area contributed by atoms with E-state index in [-0.39, 0.29) is 25.1 Å². The standard InChI is InChI=1S/C18H21BrNO5P/c1-3-24-26(23,25-4-2)13-17-11-15(14-8-6-5-7-9-14)10-16(12-19)18(17)20(21)22/h5-11H,3-4,12-13H2,1-2H3. The third kappa shape index (κ3) is 5.01. The quantitative estimate of drug-likeness (QED) is 0.208. The summed E-state index contributed by atoms with van der Waals surface area (Å²) in [6.45, 7) is 3.83. The van der Waals surface area contributed by atoms with Crippen molar-refractivity contribution in [3.05, 3.63) is 63.7 Å². The van der Waals surface area contributed by atoms with Crippen molar-refractivity contribution in [2.24, 2.45) is 0 Å². The Kier molecular flexibility index (Phi) is 7.53. The second kappa shape index (κ2) is 9.42. The van der Waals surface area contributed by atoms with Crippen LogP contribution in [0.3, 0.4) is 0 Å². The van der Waals surface area contributed by atoms with Crippen LogP contribution in [-0.2, 0) is 25.1 Å². The Bertz CT molecular complexity index is 803. The van der Waals surface area contributed by atoms with E-state index in [1.165, 1.54) is 0 Å². The van der Waals surface area contributed by atoms with Crippen molar-refractivity contribution in [2.45, 2.75) is 25.3 Å². The number of nitro benzene ring substituents is 1. The highest BCUT2D eigenvalue weighted by molar-refractivity contribution is 9.08. The first-order valence-electron chi connectivity index (χ1n) is 8.23. The normalized spacial score (nSPS) is 11.5. The van der Waals surface area contributed by atoms with Crippen molar-refractivity contribution in [1.82, 2.24) is 0 Å². The van der Waals surface area contributed by atoms with Gasteiger partial charge in [0.15, 0.2) is 0 Å². The van der Waals surface area contributed by atoms with Crippen molar-refractivity contribution in [3.63, 3.8) is 0 Å². The molecule has 0 aliphatic rings. The Morgan fingerprint density at radius 1 is 1.04 bits per heavy atom. The second-order valence-electron chi connectivity index (χ2n) is 5.50. The van der Waals surface area contributed by atoms with Gasteiger partial charge in [-0.05, 0) is 37.1 Å². The summed E-state index contributed by atoms with van der Waals surface area (Å²) in [5, 5.41) is 12.0. The minimum atomic E-state index is -3.47. The number of halogens is 1. The average molecular weight is 442 g/mol. The molecule has 0 spiro atoms. The molecule has 2 aromatic carbocycles. The first-order chi connectivity index (χ1) is 12.4. The lowest BCUT2D eigenvalue weighted by molar-refractivity contribution is -0.386. The van der Waals surface area contributed by atoms with E-state index in [1.54, 1.807) is 26.0 Å². The lowest BCUT2D eigenvalue weighted by Gasteiger charge is -2.18. The molecule has 2 rings (SSSR count). The van der Waals surface area contributed by atoms with Gasteiger partial charge >= 0.3 is 7.60 Å². The van der Waals surface area contributed by atoms with Crippen LogP contribution in [-0.4, -0.2) is 18.1 Å². The van der Waals surface area contributed by atoms with E-state index in [2.05, 4.69) is 15.9 Å². The maximum Gasteiger partial charge on any atom is 0.335 e. The molecule has 0 saturated heterocycles. The summed E-state index contributed by atoms with van der Waals surface area (Å²) in [7, 11) is -3.47. The Balaban J connectivity index is 2.61. The summed E-state index contributed by atoms with van der Waals surface area (Å²) < 4.78 is 23.6. The van der Waals surface area contributed by atoms with Crippen LogP contribution in [0.5, 0.6) is 0 Å². The molecule has 0 amide bonds. The largest absolute Gasteiger partial charge is 0.335 e. The van der Waals surface area contributed by atoms with E-state index < -0.39 is 12.5 Å². The summed E-state index contributed by atoms with van der Waals surface area (Å²) >= 11 is 3.32. The second-order valence-corrected chi connectivity index (χ2v) is 8.12. The Hall–Kier alpha value is -1.53. The Morgan fingerprint density at radius 2 is 1.62 bits per heavy atom. The molecule has 26 heavy (non-hydrogen) atoms. The predicted octanol–water partition coefficient (Wildman–Crippen LogP) is 5.92. The number of hydrogen-bond donors (Lipinski definition) is 0. The predicted molar refractivity (Wildman–Crippen MR) is 106 cm³/mol. The summed E-state index contributed by atoms with van der Waals surface area (Å²) in [6.07, 6.45) is -0.147. The molecule has 0 aliphatic heterocycles. The highest BCUT2D eigenvalue weighted by Crippen LogP contribution is 2.53. The number of hydrogen-bond acceptors (Lipinski definition) is 5. The molecule has 0 bridgehead atoms. The molecule has 6 nitrogen and oxygen atoms in total. The molecule has 0 radical (unpaired) electrons. The van der Waals surface area contributed by atoms with Crippen molar-refractivity contribution in [3.8, 4) is 11.1 Å². The first kappa shape index (κ1) is 20.8. The number of rotatable bonds is 9. The van der Waals surface area contributed by atoms with Crippen LogP contribution in [0.1, 0.15) is 25.0 Å². The Morgan fingerprint density at radius 3 is 2.12 bits per heavy atom. The Labute approximate surface area is 161 Å². The third-order valence-corrected chi connectivity index (χ3v) is 6.35. The third-order valence-electron chi connectivity index (χ3n) is 3.72. The lowest BCUT2D eigenvalue weighted by Crippen LogP contribution is -2.04. The average Bonchev–Trinajstić information content (AvgIpc) is 2.61. The van der Waals surface area contributed by atoms with E-state index in [4.69, 9.17) is 9.05 Å². The molecule has 140 valence electrons.